The fourth-order valence-corrected chi connectivity index (χ4v) is 2.38. The monoisotopic (exact) mass is 327 g/mol. The quantitative estimate of drug-likeness (QED) is 0.581. The second-order valence-corrected chi connectivity index (χ2v) is 5.66. The molecule has 0 radical (unpaired) electrons. The van der Waals surface area contributed by atoms with Crippen molar-refractivity contribution < 1.29 is 13.9 Å². The van der Waals surface area contributed by atoms with Crippen LogP contribution in [0.4, 0.5) is 5.82 Å². The van der Waals surface area contributed by atoms with E-state index in [9.17, 15) is 9.59 Å². The fraction of sp³-hybridized carbons (Fsp3) is 0.294. The van der Waals surface area contributed by atoms with Crippen molar-refractivity contribution in [1.82, 2.24) is 9.97 Å². The van der Waals surface area contributed by atoms with Gasteiger partial charge in [-0.1, -0.05) is 13.8 Å². The zero-order valence-corrected chi connectivity index (χ0v) is 13.6. The summed E-state index contributed by atoms with van der Waals surface area (Å²) >= 11 is 0. The summed E-state index contributed by atoms with van der Waals surface area (Å²) in [6.45, 7) is 5.85. The smallest absolute Gasteiger partial charge is 0.341 e. The van der Waals surface area contributed by atoms with Gasteiger partial charge in [0.05, 0.1) is 12.0 Å². The Morgan fingerprint density at radius 1 is 1.33 bits per heavy atom. The molecule has 0 bridgehead atoms. The van der Waals surface area contributed by atoms with Gasteiger partial charge in [0.15, 0.2) is 11.1 Å². The Labute approximate surface area is 137 Å². The molecule has 3 heterocycles. The number of anilines is 1. The molecule has 0 saturated carbocycles. The molecule has 0 amide bonds. The Hall–Kier alpha value is -2.96. The van der Waals surface area contributed by atoms with Crippen LogP contribution in [0, 0.1) is 0 Å². The number of nitrogens with zero attached hydrogens (tertiary/aromatic N) is 2. The number of aromatic nitrogens is 2. The highest BCUT2D eigenvalue weighted by Crippen LogP contribution is 2.22. The minimum Gasteiger partial charge on any atom is -0.462 e. The van der Waals surface area contributed by atoms with Gasteiger partial charge in [0.2, 0.25) is 11.1 Å². The largest absolute Gasteiger partial charge is 0.462 e. The number of ether oxygens (including phenoxy) is 1. The van der Waals surface area contributed by atoms with Crippen LogP contribution in [0.5, 0.6) is 0 Å². The molecule has 7 heteroatoms. The Bertz CT molecular complexity index is 1010. The number of hydrogen-bond acceptors (Lipinski definition) is 7. The maximum atomic E-state index is 12.8. The summed E-state index contributed by atoms with van der Waals surface area (Å²) in [5, 5.41) is 0.146. The van der Waals surface area contributed by atoms with E-state index in [0.717, 1.165) is 5.69 Å². The molecule has 0 aliphatic carbocycles. The Kier molecular flexibility index (Phi) is 3.92. The fourth-order valence-electron chi connectivity index (χ4n) is 2.38. The first-order chi connectivity index (χ1) is 11.4. The van der Waals surface area contributed by atoms with Crippen LogP contribution in [-0.4, -0.2) is 22.5 Å². The summed E-state index contributed by atoms with van der Waals surface area (Å²) in [5.74, 6) is -0.507. The molecule has 0 unspecified atom stereocenters. The highest BCUT2D eigenvalue weighted by atomic mass is 16.5. The highest BCUT2D eigenvalue weighted by molar-refractivity contribution is 5.99. The number of carbonyl (C=O) groups is 1. The second kappa shape index (κ2) is 5.92. The summed E-state index contributed by atoms with van der Waals surface area (Å²) in [4.78, 5) is 33.1. The molecule has 124 valence electrons. The number of esters is 1. The first-order valence-corrected chi connectivity index (χ1v) is 7.63. The van der Waals surface area contributed by atoms with E-state index in [-0.39, 0.29) is 46.0 Å². The summed E-state index contributed by atoms with van der Waals surface area (Å²) in [6.07, 6.45) is 0. The molecule has 7 nitrogen and oxygen atoms in total. The molecule has 0 atom stereocenters. The molecule has 3 rings (SSSR count). The maximum absolute atomic E-state index is 12.8. The molecular formula is C17H17N3O4. The number of nitrogen functional groups attached to an aromatic ring is 1. The normalized spacial score (nSPS) is 11.3. The Balaban J connectivity index is 2.31. The van der Waals surface area contributed by atoms with E-state index in [2.05, 4.69) is 9.97 Å². The van der Waals surface area contributed by atoms with E-state index in [1.165, 1.54) is 6.07 Å². The standard InChI is InChI=1S/C17H17N3O4/c1-4-23-17(22)10-7-9-14(21)13-12(24-16(9)20-15(10)18)6-5-11(19-13)8(2)3/h5-8H,4H2,1-3H3,(H2,18,20). The number of hydrogen-bond donors (Lipinski definition) is 1. The van der Waals surface area contributed by atoms with Crippen molar-refractivity contribution in [2.45, 2.75) is 26.7 Å². The van der Waals surface area contributed by atoms with Crippen LogP contribution in [0.3, 0.4) is 0 Å². The van der Waals surface area contributed by atoms with Gasteiger partial charge in [-0.3, -0.25) is 4.79 Å². The lowest BCUT2D eigenvalue weighted by molar-refractivity contribution is 0.0527. The molecule has 0 spiro atoms. The van der Waals surface area contributed by atoms with Crippen LogP contribution in [0.25, 0.3) is 22.2 Å². The third-order valence-electron chi connectivity index (χ3n) is 3.65. The molecular weight excluding hydrogens is 310 g/mol. The van der Waals surface area contributed by atoms with Crippen LogP contribution in [0.1, 0.15) is 42.7 Å². The second-order valence-electron chi connectivity index (χ2n) is 5.66. The van der Waals surface area contributed by atoms with E-state index >= 15 is 0 Å². The van der Waals surface area contributed by atoms with Crippen molar-refractivity contribution >= 4 is 34.0 Å². The van der Waals surface area contributed by atoms with Gasteiger partial charge >= 0.3 is 5.97 Å². The first-order valence-electron chi connectivity index (χ1n) is 7.63. The molecule has 0 aliphatic heterocycles. The van der Waals surface area contributed by atoms with Gasteiger partial charge in [-0.15, -0.1) is 0 Å². The van der Waals surface area contributed by atoms with E-state index in [4.69, 9.17) is 14.9 Å². The molecule has 0 saturated heterocycles. The zero-order valence-electron chi connectivity index (χ0n) is 13.6. The van der Waals surface area contributed by atoms with Gasteiger partial charge in [0, 0.05) is 5.69 Å². The van der Waals surface area contributed by atoms with Gasteiger partial charge in [-0.05, 0) is 31.0 Å². The van der Waals surface area contributed by atoms with Crippen molar-refractivity contribution in [3.05, 3.63) is 39.7 Å². The van der Waals surface area contributed by atoms with Crippen LogP contribution in [0.2, 0.25) is 0 Å². The lowest BCUT2D eigenvalue weighted by atomic mass is 10.1. The summed E-state index contributed by atoms with van der Waals surface area (Å²) in [5.41, 5.74) is 6.85. The van der Waals surface area contributed by atoms with E-state index in [1.807, 2.05) is 13.8 Å². The van der Waals surface area contributed by atoms with Gasteiger partial charge in [0.1, 0.15) is 11.4 Å². The predicted octanol–water partition coefficient (Wildman–Crippen LogP) is 2.62. The van der Waals surface area contributed by atoms with Crippen LogP contribution in [-0.2, 0) is 4.74 Å². The maximum Gasteiger partial charge on any atom is 0.341 e. The molecule has 2 N–H and O–H groups in total. The minimum atomic E-state index is -0.632. The number of carbonyl (C=O) groups excluding carboxylic acids is 1. The van der Waals surface area contributed by atoms with Crippen LogP contribution >= 0.6 is 0 Å². The van der Waals surface area contributed by atoms with Crippen molar-refractivity contribution in [1.29, 1.82) is 0 Å². The molecule has 3 aromatic rings. The lowest BCUT2D eigenvalue weighted by Gasteiger charge is -2.08. The number of rotatable bonds is 3. The highest BCUT2D eigenvalue weighted by Gasteiger charge is 2.18. The van der Waals surface area contributed by atoms with Gasteiger partial charge in [-0.2, -0.15) is 4.98 Å². The summed E-state index contributed by atoms with van der Waals surface area (Å²) in [7, 11) is 0. The first kappa shape index (κ1) is 15.9. The minimum absolute atomic E-state index is 0.0380. The lowest BCUT2D eigenvalue weighted by Crippen LogP contribution is -2.13. The predicted molar refractivity (Wildman–Crippen MR) is 90.0 cm³/mol. The van der Waals surface area contributed by atoms with Gasteiger partial charge < -0.3 is 14.9 Å². The Morgan fingerprint density at radius 2 is 2.08 bits per heavy atom. The molecule has 0 fully saturated rings. The zero-order chi connectivity index (χ0) is 17.4. The summed E-state index contributed by atoms with van der Waals surface area (Å²) < 4.78 is 10.6. The average Bonchev–Trinajstić information content (AvgIpc) is 2.54. The summed E-state index contributed by atoms with van der Waals surface area (Å²) in [6, 6.07) is 4.85. The van der Waals surface area contributed by atoms with Gasteiger partial charge in [-0.25, -0.2) is 9.78 Å². The average molecular weight is 327 g/mol. The van der Waals surface area contributed by atoms with Crippen molar-refractivity contribution in [2.75, 3.05) is 12.3 Å². The van der Waals surface area contributed by atoms with E-state index < -0.39 is 5.97 Å². The van der Waals surface area contributed by atoms with Crippen molar-refractivity contribution in [3.63, 3.8) is 0 Å². The van der Waals surface area contributed by atoms with Crippen LogP contribution < -0.4 is 11.2 Å². The Morgan fingerprint density at radius 3 is 2.75 bits per heavy atom. The number of fused-ring (bicyclic) bond motifs is 2. The van der Waals surface area contributed by atoms with Crippen molar-refractivity contribution in [2.24, 2.45) is 0 Å². The van der Waals surface area contributed by atoms with Crippen molar-refractivity contribution in [3.8, 4) is 0 Å². The molecule has 24 heavy (non-hydrogen) atoms. The third kappa shape index (κ3) is 2.58. The molecule has 3 aromatic heterocycles. The topological polar surface area (TPSA) is 108 Å². The third-order valence-corrected chi connectivity index (χ3v) is 3.65. The van der Waals surface area contributed by atoms with Crippen LogP contribution in [0.15, 0.2) is 27.4 Å². The van der Waals surface area contributed by atoms with E-state index in [0.29, 0.717) is 5.58 Å². The molecule has 0 aromatic carbocycles. The number of pyridine rings is 2. The molecule has 0 aliphatic rings. The van der Waals surface area contributed by atoms with Gasteiger partial charge in [0.25, 0.3) is 0 Å². The van der Waals surface area contributed by atoms with E-state index in [1.54, 1.807) is 19.1 Å². The number of nitrogens with two attached hydrogens (primary N) is 1. The SMILES string of the molecule is CCOC(=O)c1cc2c(=O)c3nc(C(C)C)ccc3oc2nc1N.